The van der Waals surface area contributed by atoms with E-state index in [9.17, 15) is 14.4 Å². The Balaban J connectivity index is 4.23. The second-order valence-electron chi connectivity index (χ2n) is 22.4. The summed E-state index contributed by atoms with van der Waals surface area (Å²) in [4.78, 5) is 38.3. The van der Waals surface area contributed by atoms with E-state index in [1.54, 1.807) is 0 Å². The summed E-state index contributed by atoms with van der Waals surface area (Å²) in [6.45, 7) is 6.70. The minimum atomic E-state index is -0.766. The van der Waals surface area contributed by atoms with Crippen molar-refractivity contribution in [3.8, 4) is 0 Å². The molecule has 0 heterocycles. The number of esters is 3. The highest BCUT2D eigenvalue weighted by molar-refractivity contribution is 5.71. The maximum absolute atomic E-state index is 12.9. The van der Waals surface area contributed by atoms with Gasteiger partial charge in [0.05, 0.1) is 0 Å². The van der Waals surface area contributed by atoms with Crippen LogP contribution in [0.5, 0.6) is 0 Å². The quantitative estimate of drug-likeness (QED) is 0.0261. The number of carbonyl (C=O) groups excluding carboxylic acids is 3. The minimum Gasteiger partial charge on any atom is -0.462 e. The van der Waals surface area contributed by atoms with Crippen LogP contribution in [0.2, 0.25) is 0 Å². The van der Waals surface area contributed by atoms with Crippen molar-refractivity contribution >= 4 is 17.9 Å². The molecule has 0 rings (SSSR count). The first-order valence-corrected chi connectivity index (χ1v) is 32.8. The first-order chi connectivity index (χ1) is 36.0. The van der Waals surface area contributed by atoms with Crippen molar-refractivity contribution in [3.63, 3.8) is 0 Å². The molecule has 430 valence electrons. The van der Waals surface area contributed by atoms with Crippen LogP contribution in [0.25, 0.3) is 0 Å². The molecule has 1 atom stereocenters. The summed E-state index contributed by atoms with van der Waals surface area (Å²) < 4.78 is 17.0. The molecule has 6 nitrogen and oxygen atoms in total. The maximum atomic E-state index is 12.9. The van der Waals surface area contributed by atoms with E-state index in [-0.39, 0.29) is 31.1 Å². The summed E-state index contributed by atoms with van der Waals surface area (Å²) in [6, 6.07) is 0. The van der Waals surface area contributed by atoms with Crippen LogP contribution < -0.4 is 0 Å². The Morgan fingerprint density at radius 1 is 0.274 bits per heavy atom. The van der Waals surface area contributed by atoms with Gasteiger partial charge in [0, 0.05) is 19.3 Å². The van der Waals surface area contributed by atoms with Crippen molar-refractivity contribution in [3.05, 3.63) is 24.3 Å². The normalized spacial score (nSPS) is 12.1. The molecule has 6 heteroatoms. The molecule has 0 amide bonds. The lowest BCUT2D eigenvalue weighted by Gasteiger charge is -2.18. The van der Waals surface area contributed by atoms with Crippen LogP contribution in [0, 0.1) is 0 Å². The van der Waals surface area contributed by atoms with Gasteiger partial charge in [-0.2, -0.15) is 0 Å². The Kier molecular flexibility index (Phi) is 60.6. The number of allylic oxidation sites excluding steroid dienone is 4. The Hall–Kier alpha value is -2.11. The molecule has 0 aromatic heterocycles. The molecule has 73 heavy (non-hydrogen) atoms. The van der Waals surface area contributed by atoms with Crippen LogP contribution in [-0.4, -0.2) is 37.2 Å². The van der Waals surface area contributed by atoms with E-state index in [1.165, 1.54) is 263 Å². The zero-order valence-corrected chi connectivity index (χ0v) is 49.4. The van der Waals surface area contributed by atoms with Gasteiger partial charge < -0.3 is 14.2 Å². The summed E-state index contributed by atoms with van der Waals surface area (Å²) in [6.07, 6.45) is 74.7. The lowest BCUT2D eigenvalue weighted by molar-refractivity contribution is -0.167. The van der Waals surface area contributed by atoms with Gasteiger partial charge in [-0.25, -0.2) is 0 Å². The molecular formula is C67H126O6. The lowest BCUT2D eigenvalue weighted by atomic mass is 10.0. The first-order valence-electron chi connectivity index (χ1n) is 32.8. The van der Waals surface area contributed by atoms with Crippen LogP contribution >= 0.6 is 0 Å². The number of hydrogen-bond donors (Lipinski definition) is 0. The molecule has 0 N–H and O–H groups in total. The van der Waals surface area contributed by atoms with Crippen LogP contribution in [0.4, 0.5) is 0 Å². The average molecular weight is 1030 g/mol. The highest BCUT2D eigenvalue weighted by atomic mass is 16.6. The Morgan fingerprint density at radius 3 is 0.753 bits per heavy atom. The fourth-order valence-electron chi connectivity index (χ4n) is 10.0. The summed E-state index contributed by atoms with van der Waals surface area (Å²) in [5, 5.41) is 0. The molecule has 0 radical (unpaired) electrons. The number of rotatable bonds is 61. The maximum Gasteiger partial charge on any atom is 0.306 e. The van der Waals surface area contributed by atoms with Gasteiger partial charge in [-0.1, -0.05) is 321 Å². The molecule has 0 bridgehead atoms. The molecule has 0 aromatic carbocycles. The topological polar surface area (TPSA) is 78.9 Å². The smallest absolute Gasteiger partial charge is 0.306 e. The van der Waals surface area contributed by atoms with Gasteiger partial charge in [0.15, 0.2) is 6.10 Å². The molecule has 0 aromatic rings. The summed E-state index contributed by atoms with van der Waals surface area (Å²) in [7, 11) is 0. The minimum absolute atomic E-state index is 0.0644. The van der Waals surface area contributed by atoms with E-state index in [0.717, 1.165) is 64.2 Å². The Labute approximate surface area is 455 Å². The summed E-state index contributed by atoms with van der Waals surface area (Å²) >= 11 is 0. The van der Waals surface area contributed by atoms with E-state index in [1.807, 2.05) is 0 Å². The third kappa shape index (κ3) is 60.6. The molecule has 0 aliphatic heterocycles. The lowest BCUT2D eigenvalue weighted by Crippen LogP contribution is -2.30. The number of unbranched alkanes of at least 4 members (excludes halogenated alkanes) is 46. The molecule has 1 unspecified atom stereocenters. The Bertz CT molecular complexity index is 1180. The predicted octanol–water partition coefficient (Wildman–Crippen LogP) is 22.2. The van der Waals surface area contributed by atoms with E-state index >= 15 is 0 Å². The van der Waals surface area contributed by atoms with Gasteiger partial charge in [0.2, 0.25) is 0 Å². The van der Waals surface area contributed by atoms with Gasteiger partial charge in [0.25, 0.3) is 0 Å². The van der Waals surface area contributed by atoms with Gasteiger partial charge in [0.1, 0.15) is 13.2 Å². The van der Waals surface area contributed by atoms with Crippen molar-refractivity contribution in [2.24, 2.45) is 0 Å². The van der Waals surface area contributed by atoms with E-state index < -0.39 is 6.10 Å². The highest BCUT2D eigenvalue weighted by Crippen LogP contribution is 2.18. The summed E-state index contributed by atoms with van der Waals surface area (Å²) in [5.41, 5.74) is 0. The zero-order valence-electron chi connectivity index (χ0n) is 49.4. The fraction of sp³-hybridized carbons (Fsp3) is 0.896. The zero-order chi connectivity index (χ0) is 52.9. The number of hydrogen-bond acceptors (Lipinski definition) is 6. The van der Waals surface area contributed by atoms with Gasteiger partial charge in [-0.15, -0.1) is 0 Å². The van der Waals surface area contributed by atoms with Crippen LogP contribution in [0.15, 0.2) is 24.3 Å². The predicted molar refractivity (Wildman–Crippen MR) is 316 cm³/mol. The molecule has 0 aliphatic rings. The van der Waals surface area contributed by atoms with E-state index in [4.69, 9.17) is 14.2 Å². The van der Waals surface area contributed by atoms with Crippen molar-refractivity contribution in [1.29, 1.82) is 0 Å². The van der Waals surface area contributed by atoms with E-state index in [2.05, 4.69) is 45.1 Å². The fourth-order valence-corrected chi connectivity index (χ4v) is 10.0. The van der Waals surface area contributed by atoms with Crippen LogP contribution in [0.1, 0.15) is 367 Å². The second kappa shape index (κ2) is 62.4. The summed E-state index contributed by atoms with van der Waals surface area (Å²) in [5.74, 6) is -0.836. The molecular weight excluding hydrogens is 901 g/mol. The van der Waals surface area contributed by atoms with Crippen LogP contribution in [0.3, 0.4) is 0 Å². The number of carbonyl (C=O) groups is 3. The SMILES string of the molecule is CCCCCCC/C=C\C/C=C\CCCCCCCCCCCCCCCC(=O)OCC(COC(=O)CCCCCCCCCCCCCCCC)OC(=O)CCCCCCCCCCCCCCCCCC. The standard InChI is InChI=1S/C67H126O6/c1-4-7-10-13-16-19-22-25-28-30-31-32-33-34-35-36-37-38-40-42-45-48-51-54-57-60-66(69)72-63-64(62-71-65(68)59-56-53-50-47-44-41-27-24-21-18-15-12-9-6-3)73-67(70)61-58-55-52-49-46-43-39-29-26-23-20-17-14-11-8-5-2/h22,25,30-31,64H,4-21,23-24,26-29,32-63H2,1-3H3/b25-22-,31-30-. The van der Waals surface area contributed by atoms with Gasteiger partial charge in [-0.3, -0.25) is 14.4 Å². The van der Waals surface area contributed by atoms with Crippen molar-refractivity contribution in [1.82, 2.24) is 0 Å². The largest absolute Gasteiger partial charge is 0.462 e. The van der Waals surface area contributed by atoms with E-state index in [0.29, 0.717) is 19.3 Å². The molecule has 0 saturated heterocycles. The third-order valence-corrected chi connectivity index (χ3v) is 15.0. The van der Waals surface area contributed by atoms with Crippen molar-refractivity contribution in [2.45, 2.75) is 374 Å². The van der Waals surface area contributed by atoms with Crippen molar-refractivity contribution in [2.75, 3.05) is 13.2 Å². The number of ether oxygens (including phenoxy) is 3. The molecule has 0 saturated carbocycles. The first kappa shape index (κ1) is 70.9. The van der Waals surface area contributed by atoms with Crippen LogP contribution in [-0.2, 0) is 28.6 Å². The highest BCUT2D eigenvalue weighted by Gasteiger charge is 2.19. The van der Waals surface area contributed by atoms with Gasteiger partial charge in [-0.05, 0) is 51.4 Å². The average Bonchev–Trinajstić information content (AvgIpc) is 3.39. The molecule has 0 aliphatic carbocycles. The molecule has 0 fully saturated rings. The van der Waals surface area contributed by atoms with Gasteiger partial charge >= 0.3 is 17.9 Å². The monoisotopic (exact) mass is 1030 g/mol. The Morgan fingerprint density at radius 2 is 0.493 bits per heavy atom. The second-order valence-corrected chi connectivity index (χ2v) is 22.4. The molecule has 0 spiro atoms. The third-order valence-electron chi connectivity index (χ3n) is 15.0. The van der Waals surface area contributed by atoms with Crippen molar-refractivity contribution < 1.29 is 28.6 Å².